The molecule has 2 aromatic carbocycles. The zero-order valence-corrected chi connectivity index (χ0v) is 11.0. The summed E-state index contributed by atoms with van der Waals surface area (Å²) in [6, 6.07) is 11.1. The van der Waals surface area contributed by atoms with Crippen molar-refractivity contribution in [3.8, 4) is 0 Å². The molecule has 0 saturated carbocycles. The van der Waals surface area contributed by atoms with E-state index in [-0.39, 0.29) is 19.0 Å². The van der Waals surface area contributed by atoms with Gasteiger partial charge >= 0.3 is 0 Å². The molecule has 0 heterocycles. The van der Waals surface area contributed by atoms with E-state index in [4.69, 9.17) is 2.74 Å². The fourth-order valence-corrected chi connectivity index (χ4v) is 1.86. The summed E-state index contributed by atoms with van der Waals surface area (Å²) in [5.74, 6) is -2.51. The molecule has 0 aromatic heterocycles. The van der Waals surface area contributed by atoms with Gasteiger partial charge in [0.15, 0.2) is 0 Å². The van der Waals surface area contributed by atoms with E-state index in [1.807, 2.05) is 0 Å². The fourth-order valence-electron chi connectivity index (χ4n) is 1.86. The third kappa shape index (κ3) is 4.01. The second-order valence-corrected chi connectivity index (χ2v) is 3.93. The van der Waals surface area contributed by atoms with Crippen molar-refractivity contribution < 1.29 is 29.7 Å². The van der Waals surface area contributed by atoms with Crippen LogP contribution >= 0.6 is 0 Å². The Morgan fingerprint density at radius 3 is 1.89 bits per heavy atom. The molecule has 102 valence electrons. The second kappa shape index (κ2) is 7.22. The SMILES string of the molecule is [3H]C(C[NH3+])C([3H])(c1cccc(F)c1)c1cccc(F)c1.[Cl-]. The zero-order chi connectivity index (χ0) is 14.8. The van der Waals surface area contributed by atoms with Gasteiger partial charge < -0.3 is 18.1 Å². The third-order valence-corrected chi connectivity index (χ3v) is 2.62. The van der Waals surface area contributed by atoms with Gasteiger partial charge in [0.25, 0.3) is 0 Å². The van der Waals surface area contributed by atoms with Crippen molar-refractivity contribution in [2.24, 2.45) is 0 Å². The van der Waals surface area contributed by atoms with E-state index in [1.165, 1.54) is 36.4 Å². The van der Waals surface area contributed by atoms with Gasteiger partial charge in [-0.05, 0) is 35.4 Å². The predicted octanol–water partition coefficient (Wildman–Crippen LogP) is -0.267. The van der Waals surface area contributed by atoms with Crippen LogP contribution in [-0.4, -0.2) is 6.54 Å². The predicted molar refractivity (Wildman–Crippen MR) is 67.0 cm³/mol. The smallest absolute Gasteiger partial charge is 0.123 e. The van der Waals surface area contributed by atoms with E-state index in [9.17, 15) is 8.78 Å². The second-order valence-electron chi connectivity index (χ2n) is 3.93. The molecule has 0 bridgehead atoms. The highest BCUT2D eigenvalue weighted by Crippen LogP contribution is 2.28. The van der Waals surface area contributed by atoms with Gasteiger partial charge in [-0.15, -0.1) is 0 Å². The van der Waals surface area contributed by atoms with Crippen molar-refractivity contribution in [3.05, 3.63) is 71.3 Å². The Balaban J connectivity index is 0.00000220. The molecule has 1 nitrogen and oxygen atoms in total. The van der Waals surface area contributed by atoms with Crippen molar-refractivity contribution in [2.45, 2.75) is 12.3 Å². The number of hydrogen-bond donors (Lipinski definition) is 1. The van der Waals surface area contributed by atoms with Crippen LogP contribution in [0.2, 0.25) is 0 Å². The Morgan fingerprint density at radius 1 is 1.05 bits per heavy atom. The summed E-state index contributed by atoms with van der Waals surface area (Å²) in [5.41, 5.74) is 4.30. The molecular weight excluding hydrogens is 268 g/mol. The molecule has 0 aliphatic rings. The van der Waals surface area contributed by atoms with Crippen LogP contribution in [0.1, 0.15) is 26.2 Å². The van der Waals surface area contributed by atoms with E-state index >= 15 is 0 Å². The van der Waals surface area contributed by atoms with Crippen molar-refractivity contribution in [1.82, 2.24) is 0 Å². The summed E-state index contributed by atoms with van der Waals surface area (Å²) in [4.78, 5) is 0. The van der Waals surface area contributed by atoms with Gasteiger partial charge in [-0.3, -0.25) is 0 Å². The van der Waals surface area contributed by atoms with E-state index in [0.29, 0.717) is 11.1 Å². The number of quaternary nitrogens is 1. The van der Waals surface area contributed by atoms with Crippen LogP contribution in [0.15, 0.2) is 48.5 Å². The third-order valence-electron chi connectivity index (χ3n) is 2.62. The molecule has 1 unspecified atom stereocenters. The summed E-state index contributed by atoms with van der Waals surface area (Å²) in [6.07, 6.45) is -0.925. The molecule has 0 spiro atoms. The number of benzene rings is 2. The lowest BCUT2D eigenvalue weighted by atomic mass is 9.88. The minimum atomic E-state index is -1.55. The van der Waals surface area contributed by atoms with Crippen molar-refractivity contribution in [3.63, 3.8) is 0 Å². The maximum Gasteiger partial charge on any atom is 0.123 e. The Labute approximate surface area is 120 Å². The molecule has 0 aliphatic carbocycles. The fraction of sp³-hybridized carbons (Fsp3) is 0.200. The summed E-state index contributed by atoms with van der Waals surface area (Å²) < 4.78 is 43.6. The maximum absolute atomic E-state index is 13.4. The Bertz CT molecular complexity index is 564. The van der Waals surface area contributed by atoms with Gasteiger partial charge in [0.05, 0.1) is 6.54 Å². The summed E-state index contributed by atoms with van der Waals surface area (Å²) in [5, 5.41) is 0. The first-order chi connectivity index (χ1) is 9.48. The molecule has 0 aliphatic heterocycles. The molecule has 2 rings (SSSR count). The van der Waals surface area contributed by atoms with Crippen LogP contribution in [-0.2, 0) is 0 Å². The monoisotopic (exact) mass is 287 g/mol. The lowest BCUT2D eigenvalue weighted by molar-refractivity contribution is -0.368. The highest BCUT2D eigenvalue weighted by atomic mass is 35.5. The van der Waals surface area contributed by atoms with E-state index in [0.717, 1.165) is 0 Å². The summed E-state index contributed by atoms with van der Waals surface area (Å²) >= 11 is 0. The van der Waals surface area contributed by atoms with Crippen molar-refractivity contribution in [1.29, 1.82) is 0 Å². The Kier molecular flexibility index (Phi) is 4.78. The minimum absolute atomic E-state index is 0. The maximum atomic E-state index is 13.4. The molecule has 0 saturated heterocycles. The van der Waals surface area contributed by atoms with Crippen molar-refractivity contribution >= 4 is 0 Å². The molecule has 0 radical (unpaired) electrons. The van der Waals surface area contributed by atoms with Crippen molar-refractivity contribution in [2.75, 3.05) is 6.54 Å². The highest BCUT2D eigenvalue weighted by molar-refractivity contribution is 5.32. The van der Waals surface area contributed by atoms with E-state index in [1.54, 1.807) is 12.1 Å². The van der Waals surface area contributed by atoms with Crippen LogP contribution in [0.5, 0.6) is 0 Å². The Morgan fingerprint density at radius 2 is 1.53 bits per heavy atom. The molecule has 19 heavy (non-hydrogen) atoms. The summed E-state index contributed by atoms with van der Waals surface area (Å²) in [7, 11) is 0. The lowest BCUT2D eigenvalue weighted by Gasteiger charge is -2.16. The number of rotatable bonds is 4. The molecule has 4 heteroatoms. The summed E-state index contributed by atoms with van der Waals surface area (Å²) in [6.45, 7) is 0.163. The van der Waals surface area contributed by atoms with E-state index in [2.05, 4.69) is 5.73 Å². The molecule has 2 aromatic rings. The minimum Gasteiger partial charge on any atom is -1.00 e. The van der Waals surface area contributed by atoms with Crippen LogP contribution in [0.4, 0.5) is 8.78 Å². The van der Waals surface area contributed by atoms with Gasteiger partial charge in [-0.2, -0.15) is 0 Å². The largest absolute Gasteiger partial charge is 1.00 e. The molecular formula is C15H16ClF2N. The first-order valence-corrected chi connectivity index (χ1v) is 5.72. The molecule has 3 N–H and O–H groups in total. The van der Waals surface area contributed by atoms with Gasteiger partial charge in [0, 0.05) is 15.0 Å². The van der Waals surface area contributed by atoms with Crippen LogP contribution in [0.3, 0.4) is 0 Å². The zero-order valence-electron chi connectivity index (χ0n) is 12.2. The number of hydrogen-bond acceptors (Lipinski definition) is 0. The standard InChI is InChI=1S/C15H15F2N.ClH/c16-13-5-1-3-11(9-13)15(7-8-18)12-4-2-6-14(17)10-12;/h1-6,9-10,15H,7-8,18H2;1H/i7T,15T;. The molecule has 0 fully saturated rings. The highest BCUT2D eigenvalue weighted by Gasteiger charge is 2.15. The normalized spacial score (nSPS) is 14.1. The van der Waals surface area contributed by atoms with Crippen LogP contribution < -0.4 is 18.1 Å². The van der Waals surface area contributed by atoms with Crippen LogP contribution in [0, 0.1) is 11.6 Å². The molecule has 0 amide bonds. The molecule has 1 atom stereocenters. The quantitative estimate of drug-likeness (QED) is 0.802. The Hall–Kier alpha value is -1.45. The van der Waals surface area contributed by atoms with Gasteiger partial charge in [0.1, 0.15) is 11.6 Å². The van der Waals surface area contributed by atoms with Crippen LogP contribution in [0.25, 0.3) is 0 Å². The van der Waals surface area contributed by atoms with Gasteiger partial charge in [-0.1, -0.05) is 24.3 Å². The average Bonchev–Trinajstić information content (AvgIpc) is 2.45. The van der Waals surface area contributed by atoms with E-state index < -0.39 is 23.9 Å². The topological polar surface area (TPSA) is 27.6 Å². The van der Waals surface area contributed by atoms with Gasteiger partial charge in [0.2, 0.25) is 0 Å². The van der Waals surface area contributed by atoms with Gasteiger partial charge in [-0.25, -0.2) is 8.78 Å². The first-order valence-electron chi connectivity index (χ1n) is 6.79. The number of halogens is 3. The first kappa shape index (κ1) is 12.6. The lowest BCUT2D eigenvalue weighted by Crippen LogP contribution is -3.00. The average molecular weight is 288 g/mol.